The minimum absolute atomic E-state index is 0.643. The summed E-state index contributed by atoms with van der Waals surface area (Å²) in [7, 11) is 0. The van der Waals surface area contributed by atoms with E-state index < -0.39 is 0 Å². The molecule has 0 fully saturated rings. The molecule has 0 bridgehead atoms. The molecule has 13 heavy (non-hydrogen) atoms. The molecule has 0 aliphatic carbocycles. The lowest BCUT2D eigenvalue weighted by atomic mass is 10.1. The van der Waals surface area contributed by atoms with E-state index in [1.54, 1.807) is 18.4 Å². The highest BCUT2D eigenvalue weighted by molar-refractivity contribution is 6.08. The number of hydrogen-bond acceptors (Lipinski definition) is 2. The van der Waals surface area contributed by atoms with Crippen LogP contribution >= 0.6 is 0 Å². The Balaban J connectivity index is 2.59. The van der Waals surface area contributed by atoms with Crippen LogP contribution < -0.4 is 4.74 Å². The average Bonchev–Trinajstić information content (AvgIpc) is 2.39. The summed E-state index contributed by atoms with van der Waals surface area (Å²) in [5.74, 6) is 0.717. The van der Waals surface area contributed by atoms with Crippen LogP contribution in [-0.4, -0.2) is 6.29 Å². The molecule has 0 aromatic heterocycles. The van der Waals surface area contributed by atoms with Crippen molar-refractivity contribution >= 4 is 11.9 Å². The van der Waals surface area contributed by atoms with Crippen molar-refractivity contribution in [2.75, 3.05) is 0 Å². The Morgan fingerprint density at radius 3 is 2.92 bits per heavy atom. The zero-order chi connectivity index (χ0) is 9.10. The lowest BCUT2D eigenvalue weighted by Gasteiger charge is -2.04. The number of hydrogen-bond donors (Lipinski definition) is 0. The van der Waals surface area contributed by atoms with Gasteiger partial charge in [-0.3, -0.25) is 4.79 Å². The van der Waals surface area contributed by atoms with Gasteiger partial charge in [0.15, 0.2) is 6.29 Å². The van der Waals surface area contributed by atoms with E-state index in [0.29, 0.717) is 5.57 Å². The van der Waals surface area contributed by atoms with Gasteiger partial charge in [0.25, 0.3) is 0 Å². The maximum absolute atomic E-state index is 10.7. The summed E-state index contributed by atoms with van der Waals surface area (Å²) in [5, 5.41) is 0. The molecular weight excluding hydrogens is 164 g/mol. The Hall–Kier alpha value is -1.83. The Morgan fingerprint density at radius 2 is 2.08 bits per heavy atom. The molecule has 0 amide bonds. The normalized spacial score (nSPS) is 13.7. The van der Waals surface area contributed by atoms with Gasteiger partial charge in [-0.25, -0.2) is 0 Å². The van der Waals surface area contributed by atoms with Crippen LogP contribution in [-0.2, 0) is 4.79 Å². The van der Waals surface area contributed by atoms with Crippen LogP contribution in [0.4, 0.5) is 0 Å². The van der Waals surface area contributed by atoms with Gasteiger partial charge >= 0.3 is 0 Å². The molecule has 0 radical (unpaired) electrons. The average molecular weight is 172 g/mol. The molecular formula is C11H8O2. The number of fused-ring (bicyclic) bond motifs is 1. The van der Waals surface area contributed by atoms with E-state index in [0.717, 1.165) is 17.6 Å². The van der Waals surface area contributed by atoms with Gasteiger partial charge in [-0.15, -0.1) is 0 Å². The van der Waals surface area contributed by atoms with Gasteiger partial charge in [0, 0.05) is 11.1 Å². The fourth-order valence-electron chi connectivity index (χ4n) is 1.26. The number of benzene rings is 1. The Morgan fingerprint density at radius 1 is 1.23 bits per heavy atom. The molecule has 64 valence electrons. The molecule has 2 heteroatoms. The van der Waals surface area contributed by atoms with Crippen LogP contribution in [0.25, 0.3) is 5.57 Å². The Labute approximate surface area is 76.1 Å². The van der Waals surface area contributed by atoms with Crippen LogP contribution in [0.3, 0.4) is 0 Å². The zero-order valence-corrected chi connectivity index (χ0v) is 6.94. The van der Waals surface area contributed by atoms with Crippen molar-refractivity contribution in [3.8, 4) is 5.75 Å². The predicted octanol–water partition coefficient (Wildman–Crippen LogP) is 2.17. The molecule has 0 saturated carbocycles. The second-order valence-corrected chi connectivity index (χ2v) is 2.68. The lowest BCUT2D eigenvalue weighted by molar-refractivity contribution is -0.103. The number of carbonyl (C=O) groups excluding carboxylic acids is 1. The van der Waals surface area contributed by atoms with Crippen molar-refractivity contribution in [1.29, 1.82) is 0 Å². The van der Waals surface area contributed by atoms with Gasteiger partial charge in [-0.1, -0.05) is 18.2 Å². The largest absolute Gasteiger partial charge is 0.464 e. The summed E-state index contributed by atoms with van der Waals surface area (Å²) in [4.78, 5) is 10.7. The zero-order valence-electron chi connectivity index (χ0n) is 6.94. The third-order valence-electron chi connectivity index (χ3n) is 1.87. The maximum Gasteiger partial charge on any atom is 0.150 e. The summed E-state index contributed by atoms with van der Waals surface area (Å²) in [6.07, 6.45) is 5.84. The van der Waals surface area contributed by atoms with Gasteiger partial charge in [-0.05, 0) is 18.2 Å². The second kappa shape index (κ2) is 3.27. The molecule has 1 aliphatic heterocycles. The summed E-state index contributed by atoms with van der Waals surface area (Å²) in [6.45, 7) is 0. The van der Waals surface area contributed by atoms with Gasteiger partial charge in [-0.2, -0.15) is 0 Å². The minimum Gasteiger partial charge on any atom is -0.464 e. The van der Waals surface area contributed by atoms with E-state index in [9.17, 15) is 4.79 Å². The van der Waals surface area contributed by atoms with E-state index in [2.05, 4.69) is 0 Å². The Kier molecular flexibility index (Phi) is 1.96. The molecule has 0 unspecified atom stereocenters. The van der Waals surface area contributed by atoms with Crippen molar-refractivity contribution < 1.29 is 9.53 Å². The number of para-hydroxylation sites is 1. The van der Waals surface area contributed by atoms with Crippen molar-refractivity contribution in [3.63, 3.8) is 0 Å². The molecule has 0 saturated heterocycles. The minimum atomic E-state index is 0.643. The Bertz CT molecular complexity index is 389. The quantitative estimate of drug-likeness (QED) is 0.607. The summed E-state index contributed by atoms with van der Waals surface area (Å²) >= 11 is 0. The first-order chi connectivity index (χ1) is 6.42. The standard InChI is InChI=1S/C11H8O2/c12-8-9-4-3-7-13-11-6-2-1-5-10(9)11/h1-8H. The van der Waals surface area contributed by atoms with E-state index in [1.807, 2.05) is 24.3 Å². The van der Waals surface area contributed by atoms with Gasteiger partial charge in [0.2, 0.25) is 0 Å². The van der Waals surface area contributed by atoms with E-state index in [4.69, 9.17) is 4.74 Å². The third kappa shape index (κ3) is 1.38. The SMILES string of the molecule is O=CC1=CC=COc2ccccc21. The fraction of sp³-hybridized carbons (Fsp3) is 0. The number of aldehydes is 1. The van der Waals surface area contributed by atoms with Crippen LogP contribution in [0.15, 0.2) is 42.7 Å². The molecule has 0 N–H and O–H groups in total. The van der Waals surface area contributed by atoms with Gasteiger partial charge in [0.05, 0.1) is 6.26 Å². The van der Waals surface area contributed by atoms with Crippen molar-refractivity contribution in [3.05, 3.63) is 48.2 Å². The van der Waals surface area contributed by atoms with Crippen LogP contribution in [0.5, 0.6) is 5.75 Å². The molecule has 0 atom stereocenters. The predicted molar refractivity (Wildman–Crippen MR) is 50.3 cm³/mol. The topological polar surface area (TPSA) is 26.3 Å². The fourth-order valence-corrected chi connectivity index (χ4v) is 1.26. The number of ether oxygens (including phenoxy) is 1. The van der Waals surface area contributed by atoms with Crippen LogP contribution in [0, 0.1) is 0 Å². The first kappa shape index (κ1) is 7.80. The highest BCUT2D eigenvalue weighted by Crippen LogP contribution is 2.26. The first-order valence-electron chi connectivity index (χ1n) is 4.00. The molecule has 1 heterocycles. The molecule has 2 nitrogen and oxygen atoms in total. The molecule has 1 aromatic carbocycles. The number of allylic oxidation sites excluding steroid dienone is 3. The highest BCUT2D eigenvalue weighted by atomic mass is 16.5. The van der Waals surface area contributed by atoms with E-state index >= 15 is 0 Å². The number of carbonyl (C=O) groups is 1. The van der Waals surface area contributed by atoms with Crippen LogP contribution in [0.1, 0.15) is 5.56 Å². The summed E-state index contributed by atoms with van der Waals surface area (Å²) in [5.41, 5.74) is 1.48. The smallest absolute Gasteiger partial charge is 0.150 e. The molecule has 2 rings (SSSR count). The molecule has 0 spiro atoms. The lowest BCUT2D eigenvalue weighted by Crippen LogP contribution is -1.88. The molecule has 1 aliphatic rings. The van der Waals surface area contributed by atoms with E-state index in [1.165, 1.54) is 0 Å². The van der Waals surface area contributed by atoms with Crippen molar-refractivity contribution in [1.82, 2.24) is 0 Å². The van der Waals surface area contributed by atoms with Gasteiger partial charge < -0.3 is 4.74 Å². The molecule has 1 aromatic rings. The summed E-state index contributed by atoms with van der Waals surface area (Å²) in [6, 6.07) is 7.45. The number of rotatable bonds is 1. The summed E-state index contributed by atoms with van der Waals surface area (Å²) < 4.78 is 5.29. The van der Waals surface area contributed by atoms with Crippen molar-refractivity contribution in [2.24, 2.45) is 0 Å². The highest BCUT2D eigenvalue weighted by Gasteiger charge is 2.07. The maximum atomic E-state index is 10.7. The third-order valence-corrected chi connectivity index (χ3v) is 1.87. The van der Waals surface area contributed by atoms with Gasteiger partial charge in [0.1, 0.15) is 5.75 Å². The van der Waals surface area contributed by atoms with Crippen molar-refractivity contribution in [2.45, 2.75) is 0 Å². The first-order valence-corrected chi connectivity index (χ1v) is 4.00. The van der Waals surface area contributed by atoms with E-state index in [-0.39, 0.29) is 0 Å². The monoisotopic (exact) mass is 172 g/mol. The van der Waals surface area contributed by atoms with Crippen LogP contribution in [0.2, 0.25) is 0 Å². The second-order valence-electron chi connectivity index (χ2n) is 2.68.